The predicted molar refractivity (Wildman–Crippen MR) is 158 cm³/mol. The van der Waals surface area contributed by atoms with Crippen molar-refractivity contribution in [3.05, 3.63) is 42.0 Å². The molecule has 2 aliphatic heterocycles. The molecular formula is C30H44N4O7S. The summed E-state index contributed by atoms with van der Waals surface area (Å²) in [4.78, 5) is 55.1. The lowest BCUT2D eigenvalue weighted by Gasteiger charge is -2.36. The summed E-state index contributed by atoms with van der Waals surface area (Å²) in [5.41, 5.74) is 0.889. The van der Waals surface area contributed by atoms with E-state index in [9.17, 15) is 27.6 Å². The summed E-state index contributed by atoms with van der Waals surface area (Å²) in [5.74, 6) is -2.53. The number of aryl methyl sites for hydroxylation is 1. The summed E-state index contributed by atoms with van der Waals surface area (Å²) < 4.78 is 34.1. The number of nitrogens with one attached hydrogen (secondary N) is 2. The largest absolute Gasteiger partial charge is 0.467 e. The molecule has 1 aromatic carbocycles. The number of carbonyl (C=O) groups is 4. The normalized spacial score (nSPS) is 25.8. The minimum Gasteiger partial charge on any atom is -0.467 e. The second-order valence-corrected chi connectivity index (χ2v) is 13.6. The van der Waals surface area contributed by atoms with Crippen LogP contribution in [0.25, 0.3) is 0 Å². The Morgan fingerprint density at radius 1 is 1.02 bits per heavy atom. The number of sulfonamides is 1. The van der Waals surface area contributed by atoms with Crippen molar-refractivity contribution >= 4 is 33.7 Å². The Morgan fingerprint density at radius 2 is 1.69 bits per heavy atom. The van der Waals surface area contributed by atoms with Gasteiger partial charge in [-0.3, -0.25) is 14.4 Å². The van der Waals surface area contributed by atoms with E-state index >= 15 is 0 Å². The van der Waals surface area contributed by atoms with Crippen molar-refractivity contribution in [3.63, 3.8) is 0 Å². The number of fused-ring (bicyclic) bond motifs is 1. The lowest BCUT2D eigenvalue weighted by Crippen LogP contribution is -2.58. The maximum Gasteiger partial charge on any atom is 0.328 e. The van der Waals surface area contributed by atoms with Crippen LogP contribution in [0, 0.1) is 18.8 Å². The Hall–Kier alpha value is -3.25. The molecule has 0 radical (unpaired) electrons. The molecule has 3 rings (SSSR count). The molecule has 42 heavy (non-hydrogen) atoms. The lowest BCUT2D eigenvalue weighted by atomic mass is 10.0. The summed E-state index contributed by atoms with van der Waals surface area (Å²) in [6, 6.07) is 2.47. The fourth-order valence-corrected chi connectivity index (χ4v) is 7.10. The van der Waals surface area contributed by atoms with Crippen LogP contribution >= 0.6 is 0 Å². The van der Waals surface area contributed by atoms with Crippen molar-refractivity contribution in [1.82, 2.24) is 19.8 Å². The van der Waals surface area contributed by atoms with Crippen molar-refractivity contribution in [3.8, 4) is 0 Å². The van der Waals surface area contributed by atoms with Crippen LogP contribution in [0.3, 0.4) is 0 Å². The van der Waals surface area contributed by atoms with E-state index in [0.29, 0.717) is 25.8 Å². The van der Waals surface area contributed by atoms with Gasteiger partial charge >= 0.3 is 5.97 Å². The molecule has 2 unspecified atom stereocenters. The number of hydrogen-bond acceptors (Lipinski definition) is 7. The molecule has 12 heteroatoms. The SMILES string of the molecule is COC(=O)C1C/C=C\CN(S(=O)(=O)c2ccc(C)cc2)C(C(C)C)C(=O)N2CCC[C@H]2C(=O)N[C@@H](CC(C)C)C(=O)N1. The van der Waals surface area contributed by atoms with Gasteiger partial charge in [0.15, 0.2) is 0 Å². The van der Waals surface area contributed by atoms with Crippen LogP contribution in [0.2, 0.25) is 0 Å². The highest BCUT2D eigenvalue weighted by atomic mass is 32.2. The molecule has 0 aromatic heterocycles. The number of benzene rings is 1. The molecule has 11 nitrogen and oxygen atoms in total. The number of rotatable bonds is 6. The zero-order valence-corrected chi connectivity index (χ0v) is 26.1. The summed E-state index contributed by atoms with van der Waals surface area (Å²) >= 11 is 0. The van der Waals surface area contributed by atoms with Crippen molar-refractivity contribution in [2.75, 3.05) is 20.2 Å². The standard InChI is InChI=1S/C30H44N4O7S/c1-19(2)18-24-27(35)31-23(30(38)41-6)10-7-8-17-34(42(39,40)22-14-12-21(5)13-15-22)26(20(3)4)29(37)33-16-9-11-25(33)28(36)32-24/h7-8,12-15,19-20,23-26H,9-11,16-18H2,1-6H3,(H,31,35)(H,32,36)/b8-7-/t23?,24-,25-,26?/m0/s1. The minimum atomic E-state index is -4.15. The number of esters is 1. The van der Waals surface area contributed by atoms with Crippen molar-refractivity contribution in [1.29, 1.82) is 0 Å². The molecule has 4 atom stereocenters. The Bertz CT molecular complexity index is 1280. The average molecular weight is 605 g/mol. The van der Waals surface area contributed by atoms with Crippen LogP contribution in [0.4, 0.5) is 0 Å². The Kier molecular flexibility index (Phi) is 11.3. The number of ether oxygens (including phenoxy) is 1. The molecule has 232 valence electrons. The number of methoxy groups -OCH3 is 1. The van der Waals surface area contributed by atoms with Gasteiger partial charge in [0.1, 0.15) is 24.2 Å². The molecule has 1 saturated heterocycles. The van der Waals surface area contributed by atoms with Gasteiger partial charge in [0.2, 0.25) is 27.7 Å². The van der Waals surface area contributed by atoms with Gasteiger partial charge in [-0.25, -0.2) is 13.2 Å². The van der Waals surface area contributed by atoms with Crippen molar-refractivity contribution in [2.45, 2.75) is 89.4 Å². The molecule has 2 aliphatic rings. The molecule has 0 spiro atoms. The van der Waals surface area contributed by atoms with Crippen molar-refractivity contribution in [2.24, 2.45) is 11.8 Å². The van der Waals surface area contributed by atoms with Gasteiger partial charge in [0.05, 0.1) is 12.0 Å². The lowest BCUT2D eigenvalue weighted by molar-refractivity contribution is -0.146. The van der Waals surface area contributed by atoms with Crippen LogP contribution in [0.15, 0.2) is 41.3 Å². The third-order valence-electron chi connectivity index (χ3n) is 7.63. The van der Waals surface area contributed by atoms with Crippen LogP contribution in [0.1, 0.15) is 58.9 Å². The molecule has 1 aromatic rings. The maximum absolute atomic E-state index is 14.2. The first-order valence-electron chi connectivity index (χ1n) is 14.5. The molecule has 0 aliphatic carbocycles. The monoisotopic (exact) mass is 604 g/mol. The van der Waals surface area contributed by atoms with E-state index in [-0.39, 0.29) is 23.8 Å². The Morgan fingerprint density at radius 3 is 2.29 bits per heavy atom. The van der Waals surface area contributed by atoms with Gasteiger partial charge in [-0.2, -0.15) is 4.31 Å². The van der Waals surface area contributed by atoms with E-state index in [1.165, 1.54) is 28.4 Å². The number of nitrogens with zero attached hydrogens (tertiary/aromatic N) is 2. The maximum atomic E-state index is 14.2. The molecule has 0 saturated carbocycles. The third kappa shape index (κ3) is 7.77. The first kappa shape index (κ1) is 33.3. The molecule has 2 heterocycles. The van der Waals surface area contributed by atoms with Crippen molar-refractivity contribution < 1.29 is 32.3 Å². The summed E-state index contributed by atoms with van der Waals surface area (Å²) in [7, 11) is -2.94. The molecule has 0 bridgehead atoms. The van der Waals surface area contributed by atoms with Crippen LogP contribution in [0.5, 0.6) is 0 Å². The van der Waals surface area contributed by atoms with Crippen LogP contribution < -0.4 is 10.6 Å². The quantitative estimate of drug-likeness (QED) is 0.374. The summed E-state index contributed by atoms with van der Waals surface area (Å²) in [6.07, 6.45) is 4.45. The average Bonchev–Trinajstić information content (AvgIpc) is 3.42. The number of hydrogen-bond donors (Lipinski definition) is 2. The Labute approximate surface area is 249 Å². The highest BCUT2D eigenvalue weighted by Crippen LogP contribution is 2.28. The van der Waals surface area contributed by atoms with E-state index in [2.05, 4.69) is 10.6 Å². The number of carbonyl (C=O) groups excluding carboxylic acids is 4. The second kappa shape index (κ2) is 14.3. The van der Waals surface area contributed by atoms with Gasteiger partial charge in [0, 0.05) is 13.1 Å². The topological polar surface area (TPSA) is 142 Å². The van der Waals surface area contributed by atoms with E-state index in [0.717, 1.165) is 5.56 Å². The summed E-state index contributed by atoms with van der Waals surface area (Å²) in [5, 5.41) is 5.50. The van der Waals surface area contributed by atoms with Gasteiger partial charge in [-0.1, -0.05) is 57.5 Å². The van der Waals surface area contributed by atoms with Gasteiger partial charge in [-0.15, -0.1) is 0 Å². The zero-order chi connectivity index (χ0) is 31.2. The Balaban J connectivity index is 2.12. The third-order valence-corrected chi connectivity index (χ3v) is 9.49. The van der Waals surface area contributed by atoms with Gasteiger partial charge in [-0.05, 0) is 56.6 Å². The highest BCUT2D eigenvalue weighted by Gasteiger charge is 2.44. The van der Waals surface area contributed by atoms with Crippen LogP contribution in [-0.2, 0) is 33.9 Å². The molecule has 1 fully saturated rings. The van der Waals surface area contributed by atoms with E-state index < -0.39 is 63.8 Å². The first-order valence-corrected chi connectivity index (χ1v) is 15.9. The van der Waals surface area contributed by atoms with E-state index in [1.54, 1.807) is 38.1 Å². The minimum absolute atomic E-state index is 0.0220. The van der Waals surface area contributed by atoms with Gasteiger partial charge < -0.3 is 20.3 Å². The molecule has 3 amide bonds. The molecular weight excluding hydrogens is 560 g/mol. The molecule has 2 N–H and O–H groups in total. The smallest absolute Gasteiger partial charge is 0.328 e. The fraction of sp³-hybridized carbons (Fsp3) is 0.600. The second-order valence-electron chi connectivity index (χ2n) is 11.7. The van der Waals surface area contributed by atoms with E-state index in [4.69, 9.17) is 4.74 Å². The zero-order valence-electron chi connectivity index (χ0n) is 25.3. The number of amides is 3. The fourth-order valence-electron chi connectivity index (χ4n) is 5.43. The predicted octanol–water partition coefficient (Wildman–Crippen LogP) is 2.15. The van der Waals surface area contributed by atoms with E-state index in [1.807, 2.05) is 20.8 Å². The highest BCUT2D eigenvalue weighted by molar-refractivity contribution is 7.89. The summed E-state index contributed by atoms with van der Waals surface area (Å²) in [6.45, 7) is 9.36. The van der Waals surface area contributed by atoms with Crippen LogP contribution in [-0.4, -0.2) is 85.7 Å². The van der Waals surface area contributed by atoms with Gasteiger partial charge in [0.25, 0.3) is 0 Å². The first-order chi connectivity index (χ1) is 19.8.